The fourth-order valence-corrected chi connectivity index (χ4v) is 2.06. The summed E-state index contributed by atoms with van der Waals surface area (Å²) < 4.78 is 0. The second kappa shape index (κ2) is 5.98. The maximum atomic E-state index is 12.0. The Labute approximate surface area is 107 Å². The third-order valence-corrected chi connectivity index (χ3v) is 3.31. The van der Waals surface area contributed by atoms with E-state index < -0.39 is 6.10 Å². The van der Waals surface area contributed by atoms with Crippen LogP contribution in [0.2, 0.25) is 0 Å². The van der Waals surface area contributed by atoms with Gasteiger partial charge in [-0.25, -0.2) is 0 Å². The van der Waals surface area contributed by atoms with Crippen LogP contribution >= 0.6 is 0 Å². The quantitative estimate of drug-likeness (QED) is 0.693. The molecule has 98 valence electrons. The molecule has 4 heteroatoms. The summed E-state index contributed by atoms with van der Waals surface area (Å²) in [5, 5.41) is 12.5. The van der Waals surface area contributed by atoms with E-state index in [0.29, 0.717) is 31.0 Å². The van der Waals surface area contributed by atoms with Crippen LogP contribution in [0.25, 0.3) is 0 Å². The molecule has 0 radical (unpaired) electrons. The predicted octanol–water partition coefficient (Wildman–Crippen LogP) is 0.688. The lowest BCUT2D eigenvalue weighted by Gasteiger charge is -2.12. The van der Waals surface area contributed by atoms with Gasteiger partial charge in [0.05, 0.1) is 6.10 Å². The average molecular weight is 248 g/mol. The number of carbonyl (C=O) groups is 1. The minimum Gasteiger partial charge on any atom is -0.391 e. The van der Waals surface area contributed by atoms with Crippen molar-refractivity contribution in [3.63, 3.8) is 0 Å². The van der Waals surface area contributed by atoms with Gasteiger partial charge in [0.25, 0.3) is 5.91 Å². The lowest BCUT2D eigenvalue weighted by atomic mass is 10.0. The highest BCUT2D eigenvalue weighted by atomic mass is 16.3. The fourth-order valence-electron chi connectivity index (χ4n) is 2.06. The third kappa shape index (κ3) is 3.31. The normalized spacial score (nSPS) is 16.3. The van der Waals surface area contributed by atoms with Gasteiger partial charge < -0.3 is 16.2 Å². The molecule has 2 rings (SSSR count). The maximum Gasteiger partial charge on any atom is 0.251 e. The summed E-state index contributed by atoms with van der Waals surface area (Å²) in [5.41, 5.74) is 7.14. The van der Waals surface area contributed by atoms with E-state index in [1.807, 2.05) is 18.2 Å². The largest absolute Gasteiger partial charge is 0.391 e. The standard InChI is InChI=1S/C14H20N2O2/c15-8-7-10-3-1-2-4-12(10)14(18)16-9-13(17)11-5-6-11/h1-4,11,13,17H,5-9,15H2,(H,16,18). The number of carbonyl (C=O) groups excluding carboxylic acids is 1. The van der Waals surface area contributed by atoms with Crippen LogP contribution in [0.1, 0.15) is 28.8 Å². The first kappa shape index (κ1) is 13.1. The molecule has 0 spiro atoms. The van der Waals surface area contributed by atoms with Gasteiger partial charge in [-0.1, -0.05) is 18.2 Å². The Hall–Kier alpha value is -1.39. The lowest BCUT2D eigenvalue weighted by Crippen LogP contribution is -2.33. The molecule has 1 unspecified atom stereocenters. The van der Waals surface area contributed by atoms with Crippen LogP contribution in [-0.2, 0) is 6.42 Å². The van der Waals surface area contributed by atoms with Crippen molar-refractivity contribution >= 4 is 5.91 Å². The number of nitrogens with one attached hydrogen (secondary N) is 1. The molecule has 1 amide bonds. The number of benzene rings is 1. The van der Waals surface area contributed by atoms with E-state index in [1.165, 1.54) is 0 Å². The lowest BCUT2D eigenvalue weighted by molar-refractivity contribution is 0.0900. The van der Waals surface area contributed by atoms with Gasteiger partial charge in [-0.2, -0.15) is 0 Å². The smallest absolute Gasteiger partial charge is 0.251 e. The summed E-state index contributed by atoms with van der Waals surface area (Å²) >= 11 is 0. The average Bonchev–Trinajstić information content (AvgIpc) is 3.21. The predicted molar refractivity (Wildman–Crippen MR) is 70.3 cm³/mol. The second-order valence-electron chi connectivity index (χ2n) is 4.81. The Kier molecular flexibility index (Phi) is 4.33. The minimum atomic E-state index is -0.407. The molecule has 0 aliphatic heterocycles. The van der Waals surface area contributed by atoms with Crippen molar-refractivity contribution in [2.24, 2.45) is 11.7 Å². The molecule has 1 atom stereocenters. The van der Waals surface area contributed by atoms with E-state index in [9.17, 15) is 9.90 Å². The Morgan fingerprint density at radius 3 is 2.83 bits per heavy atom. The van der Waals surface area contributed by atoms with Crippen molar-refractivity contribution in [3.05, 3.63) is 35.4 Å². The molecule has 1 aromatic carbocycles. The number of hydrogen-bond donors (Lipinski definition) is 3. The van der Waals surface area contributed by atoms with Crippen LogP contribution < -0.4 is 11.1 Å². The number of amides is 1. The Morgan fingerprint density at radius 2 is 2.17 bits per heavy atom. The summed E-state index contributed by atoms with van der Waals surface area (Å²) in [7, 11) is 0. The molecule has 4 N–H and O–H groups in total. The van der Waals surface area contributed by atoms with Gasteiger partial charge in [-0.15, -0.1) is 0 Å². The van der Waals surface area contributed by atoms with Crippen molar-refractivity contribution in [2.75, 3.05) is 13.1 Å². The Morgan fingerprint density at radius 1 is 1.44 bits per heavy atom. The second-order valence-corrected chi connectivity index (χ2v) is 4.81. The fraction of sp³-hybridized carbons (Fsp3) is 0.500. The van der Waals surface area contributed by atoms with E-state index >= 15 is 0 Å². The zero-order valence-electron chi connectivity index (χ0n) is 10.4. The van der Waals surface area contributed by atoms with E-state index in [0.717, 1.165) is 18.4 Å². The number of aliphatic hydroxyl groups is 1. The van der Waals surface area contributed by atoms with Gasteiger partial charge in [0.15, 0.2) is 0 Å². The first-order valence-corrected chi connectivity index (χ1v) is 6.46. The van der Waals surface area contributed by atoms with Gasteiger partial charge >= 0.3 is 0 Å². The van der Waals surface area contributed by atoms with Crippen LogP contribution in [0.4, 0.5) is 0 Å². The Balaban J connectivity index is 1.94. The summed E-state index contributed by atoms with van der Waals surface area (Å²) in [6.45, 7) is 0.857. The highest BCUT2D eigenvalue weighted by molar-refractivity contribution is 5.95. The molecule has 1 fully saturated rings. The summed E-state index contributed by atoms with van der Waals surface area (Å²) in [6.07, 6.45) is 2.42. The number of aliphatic hydroxyl groups excluding tert-OH is 1. The van der Waals surface area contributed by atoms with Crippen LogP contribution in [0, 0.1) is 5.92 Å². The van der Waals surface area contributed by atoms with Gasteiger partial charge in [0, 0.05) is 12.1 Å². The molecule has 1 saturated carbocycles. The highest BCUT2D eigenvalue weighted by Gasteiger charge is 2.29. The minimum absolute atomic E-state index is 0.126. The summed E-state index contributed by atoms with van der Waals surface area (Å²) in [4.78, 5) is 12.0. The van der Waals surface area contributed by atoms with Crippen LogP contribution in [0.15, 0.2) is 24.3 Å². The zero-order chi connectivity index (χ0) is 13.0. The molecule has 4 nitrogen and oxygen atoms in total. The summed E-state index contributed by atoms with van der Waals surface area (Å²) in [5.74, 6) is 0.253. The molecule has 1 aliphatic rings. The van der Waals surface area contributed by atoms with Crippen molar-refractivity contribution in [1.82, 2.24) is 5.32 Å². The van der Waals surface area contributed by atoms with E-state index in [1.54, 1.807) is 6.07 Å². The number of hydrogen-bond acceptors (Lipinski definition) is 3. The van der Waals surface area contributed by atoms with Crippen molar-refractivity contribution < 1.29 is 9.90 Å². The first-order chi connectivity index (χ1) is 8.72. The molecule has 18 heavy (non-hydrogen) atoms. The number of rotatable bonds is 6. The van der Waals surface area contributed by atoms with E-state index in [4.69, 9.17) is 5.73 Å². The molecule has 1 aromatic rings. The third-order valence-electron chi connectivity index (χ3n) is 3.31. The van der Waals surface area contributed by atoms with Crippen molar-refractivity contribution in [2.45, 2.75) is 25.4 Å². The molecular weight excluding hydrogens is 228 g/mol. The summed E-state index contributed by atoms with van der Waals surface area (Å²) in [6, 6.07) is 7.45. The Bertz CT molecular complexity index is 416. The van der Waals surface area contributed by atoms with E-state index in [2.05, 4.69) is 5.32 Å². The molecule has 0 aromatic heterocycles. The monoisotopic (exact) mass is 248 g/mol. The molecule has 0 bridgehead atoms. The molecule has 1 aliphatic carbocycles. The molecular formula is C14H20N2O2. The molecule has 0 saturated heterocycles. The maximum absolute atomic E-state index is 12.0. The highest BCUT2D eigenvalue weighted by Crippen LogP contribution is 2.32. The SMILES string of the molecule is NCCc1ccccc1C(=O)NCC(O)C1CC1. The topological polar surface area (TPSA) is 75.4 Å². The van der Waals surface area contributed by atoms with Gasteiger partial charge in [-0.3, -0.25) is 4.79 Å². The van der Waals surface area contributed by atoms with Gasteiger partial charge in [0.1, 0.15) is 0 Å². The van der Waals surface area contributed by atoms with Crippen LogP contribution in [0.5, 0.6) is 0 Å². The molecule has 0 heterocycles. The van der Waals surface area contributed by atoms with Gasteiger partial charge in [0.2, 0.25) is 0 Å². The zero-order valence-corrected chi connectivity index (χ0v) is 10.4. The van der Waals surface area contributed by atoms with Crippen molar-refractivity contribution in [1.29, 1.82) is 0 Å². The number of nitrogens with two attached hydrogens (primary N) is 1. The van der Waals surface area contributed by atoms with Crippen LogP contribution in [0.3, 0.4) is 0 Å². The van der Waals surface area contributed by atoms with Crippen LogP contribution in [-0.4, -0.2) is 30.2 Å². The van der Waals surface area contributed by atoms with E-state index in [-0.39, 0.29) is 5.91 Å². The van der Waals surface area contributed by atoms with Crippen molar-refractivity contribution in [3.8, 4) is 0 Å². The first-order valence-electron chi connectivity index (χ1n) is 6.46. The van der Waals surface area contributed by atoms with Gasteiger partial charge in [-0.05, 0) is 43.4 Å².